The second kappa shape index (κ2) is 11.0. The Morgan fingerprint density at radius 1 is 1.07 bits per heavy atom. The first-order chi connectivity index (χ1) is 19.2. The second-order valence-electron chi connectivity index (χ2n) is 10.0. The molecule has 1 aliphatic rings. The van der Waals surface area contributed by atoms with Crippen molar-refractivity contribution in [1.29, 1.82) is 0 Å². The van der Waals surface area contributed by atoms with Crippen molar-refractivity contribution in [2.24, 2.45) is 12.0 Å². The summed E-state index contributed by atoms with van der Waals surface area (Å²) in [6, 6.07) is 11.5. The molecular weight excluding hydrogens is 531 g/mol. The Balaban J connectivity index is 1.61. The molecule has 2 heterocycles. The highest BCUT2D eigenvalue weighted by molar-refractivity contribution is 6.34. The molecule has 0 spiro atoms. The molecule has 4 aromatic rings. The van der Waals surface area contributed by atoms with E-state index in [9.17, 15) is 9.90 Å². The van der Waals surface area contributed by atoms with Crippen molar-refractivity contribution in [1.82, 2.24) is 14.7 Å². The topological polar surface area (TPSA) is 77.2 Å². The number of benzene rings is 3. The minimum Gasteiger partial charge on any atom is -0.507 e. The number of phenols is 1. The van der Waals surface area contributed by atoms with Crippen LogP contribution >= 0.6 is 11.6 Å². The van der Waals surface area contributed by atoms with Crippen molar-refractivity contribution in [2.75, 3.05) is 43.5 Å². The van der Waals surface area contributed by atoms with Gasteiger partial charge in [0.15, 0.2) is 0 Å². The predicted octanol–water partition coefficient (Wildman–Crippen LogP) is 5.68. The lowest BCUT2D eigenvalue weighted by Crippen LogP contribution is -2.35. The van der Waals surface area contributed by atoms with Crippen molar-refractivity contribution in [3.05, 3.63) is 71.9 Å². The van der Waals surface area contributed by atoms with Crippen molar-refractivity contribution in [3.8, 4) is 28.0 Å². The molecule has 0 unspecified atom stereocenters. The molecule has 0 atom stereocenters. The fraction of sp³-hybridized carbons (Fsp3) is 0.233. The molecule has 5 rings (SSSR count). The molecular formula is C30H30ClFN6O2. The van der Waals surface area contributed by atoms with Gasteiger partial charge in [0, 0.05) is 68.0 Å². The first-order valence-electron chi connectivity index (χ1n) is 12.8. The first-order valence-corrected chi connectivity index (χ1v) is 13.2. The largest absolute Gasteiger partial charge is 0.507 e. The molecule has 1 N–H and O–H groups in total. The van der Waals surface area contributed by atoms with E-state index in [4.69, 9.17) is 11.6 Å². The Kier molecular flexibility index (Phi) is 7.49. The van der Waals surface area contributed by atoms with Crippen LogP contribution in [0.2, 0.25) is 5.02 Å². The van der Waals surface area contributed by atoms with Crippen LogP contribution in [0.4, 0.5) is 15.8 Å². The van der Waals surface area contributed by atoms with E-state index in [1.54, 1.807) is 40.2 Å². The first kappa shape index (κ1) is 27.2. The van der Waals surface area contributed by atoms with E-state index in [0.717, 1.165) is 28.8 Å². The number of aromatic hydroxyl groups is 1. The molecule has 1 aliphatic heterocycles. The van der Waals surface area contributed by atoms with E-state index in [-0.39, 0.29) is 16.3 Å². The Morgan fingerprint density at radius 3 is 2.50 bits per heavy atom. The van der Waals surface area contributed by atoms with Gasteiger partial charge in [-0.3, -0.25) is 19.4 Å². The van der Waals surface area contributed by atoms with Gasteiger partial charge in [0.25, 0.3) is 0 Å². The number of halogens is 2. The van der Waals surface area contributed by atoms with Gasteiger partial charge in [0.05, 0.1) is 35.5 Å². The van der Waals surface area contributed by atoms with Gasteiger partial charge in [-0.1, -0.05) is 17.7 Å². The average Bonchev–Trinajstić information content (AvgIpc) is 3.30. The van der Waals surface area contributed by atoms with Crippen molar-refractivity contribution < 1.29 is 14.3 Å². The maximum atomic E-state index is 15.1. The molecule has 1 amide bonds. The normalized spacial score (nSPS) is 13.7. The van der Waals surface area contributed by atoms with Gasteiger partial charge in [-0.2, -0.15) is 5.10 Å². The molecule has 1 aromatic heterocycles. The Hall–Kier alpha value is -4.37. The average molecular weight is 561 g/mol. The van der Waals surface area contributed by atoms with E-state index in [1.807, 2.05) is 46.4 Å². The number of carbonyl (C=O) groups excluding carboxylic acids is 1. The van der Waals surface area contributed by atoms with Gasteiger partial charge in [-0.25, -0.2) is 4.39 Å². The summed E-state index contributed by atoms with van der Waals surface area (Å²) >= 11 is 6.56. The summed E-state index contributed by atoms with van der Waals surface area (Å²) in [5, 5.41) is 17.2. The third-order valence-electron chi connectivity index (χ3n) is 6.92. The summed E-state index contributed by atoms with van der Waals surface area (Å²) in [4.78, 5) is 21.6. The van der Waals surface area contributed by atoms with Gasteiger partial charge in [-0.05, 0) is 54.4 Å². The molecule has 3 aromatic carbocycles. The minimum atomic E-state index is -0.501. The maximum absolute atomic E-state index is 15.1. The number of anilines is 2. The maximum Gasteiger partial charge on any atom is 0.218 e. The van der Waals surface area contributed by atoms with Crippen LogP contribution in [0.5, 0.6) is 5.75 Å². The molecule has 8 nitrogen and oxygen atoms in total. The Morgan fingerprint density at radius 2 is 1.82 bits per heavy atom. The Bertz CT molecular complexity index is 1660. The lowest BCUT2D eigenvalue weighted by molar-refractivity contribution is -0.106. The van der Waals surface area contributed by atoms with Gasteiger partial charge >= 0.3 is 0 Å². The summed E-state index contributed by atoms with van der Waals surface area (Å²) in [5.74, 6) is -0.576. The molecule has 40 heavy (non-hydrogen) atoms. The van der Waals surface area contributed by atoms with Crippen LogP contribution in [0.3, 0.4) is 0 Å². The summed E-state index contributed by atoms with van der Waals surface area (Å²) in [6.07, 6.45) is 5.79. The summed E-state index contributed by atoms with van der Waals surface area (Å²) in [6.45, 7) is 4.12. The van der Waals surface area contributed by atoms with Gasteiger partial charge in [-0.15, -0.1) is 0 Å². The number of hydrogen-bond donors (Lipinski definition) is 1. The number of hydrogen-bond acceptors (Lipinski definition) is 6. The van der Waals surface area contributed by atoms with Crippen molar-refractivity contribution >= 4 is 46.0 Å². The lowest BCUT2D eigenvalue weighted by Gasteiger charge is -2.28. The van der Waals surface area contributed by atoms with Gasteiger partial charge in [0.1, 0.15) is 11.6 Å². The summed E-state index contributed by atoms with van der Waals surface area (Å²) in [5.41, 5.74) is 5.13. The SMILES string of the molecule is CC1=NCCN(c2cc(-c3cc(F)cc(-c4ccc(N(C=O)/C=C\N(C)C)c(Cl)c4)c3O)cc3c2cnn3C)C1. The second-order valence-corrected chi connectivity index (χ2v) is 10.4. The number of nitrogens with zero attached hydrogens (tertiary/aromatic N) is 6. The molecule has 0 fully saturated rings. The number of rotatable bonds is 7. The summed E-state index contributed by atoms with van der Waals surface area (Å²) < 4.78 is 16.9. The monoisotopic (exact) mass is 560 g/mol. The van der Waals surface area contributed by atoms with Crippen molar-refractivity contribution in [2.45, 2.75) is 6.92 Å². The van der Waals surface area contributed by atoms with Gasteiger partial charge in [0.2, 0.25) is 6.41 Å². The highest BCUT2D eigenvalue weighted by atomic mass is 35.5. The zero-order valence-corrected chi connectivity index (χ0v) is 23.5. The van der Waals surface area contributed by atoms with Crippen LogP contribution < -0.4 is 9.80 Å². The van der Waals surface area contributed by atoms with E-state index < -0.39 is 5.82 Å². The fourth-order valence-electron chi connectivity index (χ4n) is 4.92. The molecule has 0 radical (unpaired) electrons. The standard InChI is InChI=1S/C30H30ClFN6O2/c1-19-17-37(8-7-33-19)29-13-21(12-28-25(29)16-34-36(28)4)24-15-22(32)14-23(30(24)40)20-5-6-27(26(31)11-20)38(18-39)10-9-35(2)3/h5-6,9-16,18,40H,7-8,17H2,1-4H3/b10-9-. The van der Waals surface area contributed by atoms with E-state index in [2.05, 4.69) is 15.0 Å². The number of carbonyl (C=O) groups is 1. The van der Waals surface area contributed by atoms with Crippen LogP contribution in [0.1, 0.15) is 6.92 Å². The van der Waals surface area contributed by atoms with Crippen LogP contribution in [0, 0.1) is 5.82 Å². The molecule has 0 saturated heterocycles. The number of phenolic OH excluding ortho intramolecular Hbond substituents is 1. The molecule has 0 saturated carbocycles. The quantitative estimate of drug-likeness (QED) is 0.294. The molecule has 206 valence electrons. The summed E-state index contributed by atoms with van der Waals surface area (Å²) in [7, 11) is 5.53. The van der Waals surface area contributed by atoms with E-state index >= 15 is 4.39 Å². The predicted molar refractivity (Wildman–Crippen MR) is 160 cm³/mol. The van der Waals surface area contributed by atoms with Crippen LogP contribution in [-0.4, -0.2) is 65.6 Å². The highest BCUT2D eigenvalue weighted by Crippen LogP contribution is 2.43. The fourth-order valence-corrected chi connectivity index (χ4v) is 5.20. The van der Waals surface area contributed by atoms with Gasteiger partial charge < -0.3 is 14.9 Å². The minimum absolute atomic E-state index is 0.0752. The number of aryl methyl sites for hydroxylation is 1. The number of aliphatic imine (C=N–C) groups is 1. The molecule has 10 heteroatoms. The third kappa shape index (κ3) is 5.24. The zero-order valence-electron chi connectivity index (χ0n) is 22.8. The smallest absolute Gasteiger partial charge is 0.218 e. The molecule has 0 bridgehead atoms. The lowest BCUT2D eigenvalue weighted by atomic mass is 9.95. The van der Waals surface area contributed by atoms with E-state index in [0.29, 0.717) is 41.9 Å². The highest BCUT2D eigenvalue weighted by Gasteiger charge is 2.21. The number of fused-ring (bicyclic) bond motifs is 1. The number of aromatic nitrogens is 2. The number of amides is 1. The molecule has 0 aliphatic carbocycles. The van der Waals surface area contributed by atoms with Crippen molar-refractivity contribution in [3.63, 3.8) is 0 Å². The van der Waals surface area contributed by atoms with Crippen LogP contribution in [-0.2, 0) is 11.8 Å². The third-order valence-corrected chi connectivity index (χ3v) is 7.22. The zero-order chi connectivity index (χ0) is 28.6. The van der Waals surface area contributed by atoms with Crippen LogP contribution in [0.25, 0.3) is 33.2 Å². The Labute approximate surface area is 237 Å². The van der Waals surface area contributed by atoms with Crippen LogP contribution in [0.15, 0.2) is 66.1 Å². The van der Waals surface area contributed by atoms with E-state index in [1.165, 1.54) is 17.0 Å².